The van der Waals surface area contributed by atoms with Crippen LogP contribution in [0.3, 0.4) is 0 Å². The maximum atomic E-state index is 13.0. The van der Waals surface area contributed by atoms with Crippen LogP contribution in [0.15, 0.2) is 34.3 Å². The molecule has 3 rings (SSSR count). The molecule has 0 bridgehead atoms. The van der Waals surface area contributed by atoms with E-state index in [9.17, 15) is 13.2 Å². The summed E-state index contributed by atoms with van der Waals surface area (Å²) >= 11 is 0. The highest BCUT2D eigenvalue weighted by atomic mass is 19.4. The number of alkyl halides is 3. The Kier molecular flexibility index (Phi) is 3.85. The molecule has 3 N–H and O–H groups in total. The van der Waals surface area contributed by atoms with E-state index >= 15 is 0 Å². The van der Waals surface area contributed by atoms with E-state index in [1.807, 2.05) is 0 Å². The Balaban J connectivity index is 2.13. The molecule has 0 atom stereocenters. The highest BCUT2D eigenvalue weighted by molar-refractivity contribution is 6.13. The van der Waals surface area contributed by atoms with Crippen molar-refractivity contribution in [3.8, 4) is 0 Å². The number of nitrogens with two attached hydrogens (primary N) is 1. The van der Waals surface area contributed by atoms with Crippen molar-refractivity contribution in [2.75, 3.05) is 25.9 Å². The number of hydrogen-bond acceptors (Lipinski definition) is 4. The fraction of sp³-hybridized carbons (Fsp3) is 0.333. The van der Waals surface area contributed by atoms with Crippen molar-refractivity contribution in [1.29, 1.82) is 0 Å². The van der Waals surface area contributed by atoms with Crippen molar-refractivity contribution in [2.45, 2.75) is 12.7 Å². The number of benzene rings is 1. The van der Waals surface area contributed by atoms with Crippen LogP contribution in [0.4, 0.5) is 18.9 Å². The molecule has 0 unspecified atom stereocenters. The van der Waals surface area contributed by atoms with Gasteiger partial charge in [-0.3, -0.25) is 4.99 Å². The molecule has 2 heterocycles. The zero-order valence-electron chi connectivity index (χ0n) is 12.5. The Bertz CT molecular complexity index is 801. The Morgan fingerprint density at radius 2 is 2.13 bits per heavy atom. The molecule has 122 valence electrons. The van der Waals surface area contributed by atoms with Crippen LogP contribution < -0.4 is 11.1 Å². The SMILES string of the molecule is CNCC1=NC(c2cc3c(N)cccc3n2CC(F)(F)F)=NC1. The zero-order chi connectivity index (χ0) is 16.6. The summed E-state index contributed by atoms with van der Waals surface area (Å²) in [6, 6.07) is 6.55. The third-order valence-electron chi connectivity index (χ3n) is 3.60. The van der Waals surface area contributed by atoms with Gasteiger partial charge in [0.25, 0.3) is 0 Å². The van der Waals surface area contributed by atoms with E-state index in [4.69, 9.17) is 5.73 Å². The van der Waals surface area contributed by atoms with Crippen molar-refractivity contribution in [3.05, 3.63) is 30.0 Å². The third kappa shape index (κ3) is 3.07. The molecular weight excluding hydrogens is 307 g/mol. The minimum atomic E-state index is -4.35. The molecule has 1 aliphatic heterocycles. The first kappa shape index (κ1) is 15.5. The smallest absolute Gasteiger partial charge is 0.398 e. The molecule has 23 heavy (non-hydrogen) atoms. The van der Waals surface area contributed by atoms with E-state index in [-0.39, 0.29) is 0 Å². The van der Waals surface area contributed by atoms with E-state index in [1.165, 1.54) is 4.57 Å². The number of hydrogen-bond donors (Lipinski definition) is 2. The van der Waals surface area contributed by atoms with Gasteiger partial charge in [0.05, 0.1) is 23.5 Å². The van der Waals surface area contributed by atoms with Gasteiger partial charge in [-0.1, -0.05) is 6.07 Å². The molecule has 8 heteroatoms. The highest BCUT2D eigenvalue weighted by Gasteiger charge is 2.31. The molecule has 0 fully saturated rings. The van der Waals surface area contributed by atoms with Crippen LogP contribution in [0.1, 0.15) is 5.69 Å². The van der Waals surface area contributed by atoms with Gasteiger partial charge in [-0.15, -0.1) is 0 Å². The van der Waals surface area contributed by atoms with Crippen LogP contribution in [0.25, 0.3) is 10.9 Å². The second kappa shape index (κ2) is 5.69. The van der Waals surface area contributed by atoms with Crippen molar-refractivity contribution in [2.24, 2.45) is 9.98 Å². The quantitative estimate of drug-likeness (QED) is 0.847. The topological polar surface area (TPSA) is 67.7 Å². The number of nitrogens with zero attached hydrogens (tertiary/aromatic N) is 3. The number of rotatable bonds is 4. The van der Waals surface area contributed by atoms with Crippen LogP contribution in [-0.4, -0.2) is 42.4 Å². The van der Waals surface area contributed by atoms with Crippen molar-refractivity contribution < 1.29 is 13.2 Å². The molecule has 0 aliphatic carbocycles. The number of nitrogen functional groups attached to an aromatic ring is 1. The summed E-state index contributed by atoms with van der Waals surface area (Å²) in [5.41, 5.74) is 7.88. The van der Waals surface area contributed by atoms with Crippen LogP contribution in [-0.2, 0) is 6.54 Å². The van der Waals surface area contributed by atoms with Crippen molar-refractivity contribution >= 4 is 28.1 Å². The molecule has 1 aliphatic rings. The largest absolute Gasteiger partial charge is 0.406 e. The maximum Gasteiger partial charge on any atom is 0.406 e. The van der Waals surface area contributed by atoms with Gasteiger partial charge < -0.3 is 15.6 Å². The standard InChI is InChI=1S/C15H16F3N5/c1-20-6-9-7-21-14(22-9)13-5-10-11(19)3-2-4-12(10)23(13)8-15(16,17)18/h2-5,20H,6-8,19H2,1H3. The first-order valence-electron chi connectivity index (χ1n) is 7.09. The Hall–Kier alpha value is -2.35. The van der Waals surface area contributed by atoms with Crippen LogP contribution in [0.2, 0.25) is 0 Å². The average Bonchev–Trinajstić information content (AvgIpc) is 3.04. The minimum absolute atomic E-state index is 0.315. The van der Waals surface area contributed by atoms with Crippen LogP contribution in [0.5, 0.6) is 0 Å². The Labute approximate surface area is 130 Å². The van der Waals surface area contributed by atoms with Gasteiger partial charge in [-0.25, -0.2) is 4.99 Å². The Morgan fingerprint density at radius 1 is 1.35 bits per heavy atom. The van der Waals surface area contributed by atoms with E-state index in [2.05, 4.69) is 15.3 Å². The summed E-state index contributed by atoms with van der Waals surface area (Å²) in [5, 5.41) is 3.53. The number of fused-ring (bicyclic) bond motifs is 1. The van der Waals surface area contributed by atoms with E-state index in [1.54, 1.807) is 31.3 Å². The molecule has 0 spiro atoms. The predicted octanol–water partition coefficient (Wildman–Crippen LogP) is 2.21. The molecule has 0 saturated heterocycles. The second-order valence-corrected chi connectivity index (χ2v) is 5.36. The summed E-state index contributed by atoms with van der Waals surface area (Å²) < 4.78 is 40.1. The van der Waals surface area contributed by atoms with Gasteiger partial charge in [0.1, 0.15) is 6.54 Å². The van der Waals surface area contributed by atoms with E-state index in [0.717, 1.165) is 5.71 Å². The Morgan fingerprint density at radius 3 is 2.83 bits per heavy atom. The third-order valence-corrected chi connectivity index (χ3v) is 3.60. The van der Waals surface area contributed by atoms with E-state index < -0.39 is 12.7 Å². The number of aromatic nitrogens is 1. The average molecular weight is 323 g/mol. The number of nitrogens with one attached hydrogen (secondary N) is 1. The van der Waals surface area contributed by atoms with Gasteiger partial charge in [0, 0.05) is 17.6 Å². The second-order valence-electron chi connectivity index (χ2n) is 5.36. The summed E-state index contributed by atoms with van der Waals surface area (Å²) in [5.74, 6) is 0.315. The summed E-state index contributed by atoms with van der Waals surface area (Å²) in [6.45, 7) is -0.168. The van der Waals surface area contributed by atoms with Gasteiger partial charge in [0.15, 0.2) is 5.84 Å². The van der Waals surface area contributed by atoms with Crippen LogP contribution in [0, 0.1) is 0 Å². The lowest BCUT2D eigenvalue weighted by Gasteiger charge is -2.12. The fourth-order valence-electron chi connectivity index (χ4n) is 2.67. The zero-order valence-corrected chi connectivity index (χ0v) is 12.5. The molecule has 1 aromatic carbocycles. The van der Waals surface area contributed by atoms with Crippen molar-refractivity contribution in [3.63, 3.8) is 0 Å². The monoisotopic (exact) mass is 323 g/mol. The first-order valence-corrected chi connectivity index (χ1v) is 7.09. The fourth-order valence-corrected chi connectivity index (χ4v) is 2.67. The van der Waals surface area contributed by atoms with E-state index in [0.29, 0.717) is 41.2 Å². The van der Waals surface area contributed by atoms with Gasteiger partial charge in [-0.05, 0) is 25.2 Å². The normalized spacial score (nSPS) is 15.1. The molecule has 0 saturated carbocycles. The van der Waals surface area contributed by atoms with Crippen molar-refractivity contribution in [1.82, 2.24) is 9.88 Å². The summed E-state index contributed by atoms with van der Waals surface area (Å²) in [4.78, 5) is 8.60. The molecular formula is C15H16F3N5. The molecule has 0 radical (unpaired) electrons. The molecule has 5 nitrogen and oxygen atoms in total. The molecule has 1 aromatic heterocycles. The number of aliphatic imine (C=N–C) groups is 2. The summed E-state index contributed by atoms with van der Waals surface area (Å²) in [7, 11) is 1.78. The van der Waals surface area contributed by atoms with Gasteiger partial charge in [0.2, 0.25) is 0 Å². The lowest BCUT2D eigenvalue weighted by Crippen LogP contribution is -2.21. The number of anilines is 1. The van der Waals surface area contributed by atoms with Gasteiger partial charge in [-0.2, -0.15) is 13.2 Å². The predicted molar refractivity (Wildman–Crippen MR) is 85.2 cm³/mol. The maximum absolute atomic E-state index is 13.0. The number of halogens is 3. The molecule has 0 amide bonds. The van der Waals surface area contributed by atoms with Gasteiger partial charge >= 0.3 is 6.18 Å². The van der Waals surface area contributed by atoms with Crippen LogP contribution >= 0.6 is 0 Å². The lowest BCUT2D eigenvalue weighted by molar-refractivity contribution is -0.139. The summed E-state index contributed by atoms with van der Waals surface area (Å²) in [6.07, 6.45) is -4.35. The highest BCUT2D eigenvalue weighted by Crippen LogP contribution is 2.29. The minimum Gasteiger partial charge on any atom is -0.398 e. The number of amidine groups is 1. The molecule has 2 aromatic rings. The first-order chi connectivity index (χ1) is 10.9. The lowest BCUT2D eigenvalue weighted by atomic mass is 10.2.